The number of primary sulfonamides is 1. The van der Waals surface area contributed by atoms with Gasteiger partial charge in [-0.2, -0.15) is 0 Å². The molecule has 84 valence electrons. The van der Waals surface area contributed by atoms with Crippen LogP contribution >= 0.6 is 0 Å². The number of nitrogen functional groups attached to an aromatic ring is 1. The van der Waals surface area contributed by atoms with Crippen molar-refractivity contribution in [3.63, 3.8) is 0 Å². The minimum atomic E-state index is -3.71. The highest BCUT2D eigenvalue weighted by atomic mass is 32.2. The van der Waals surface area contributed by atoms with Crippen LogP contribution in [0.1, 0.15) is 0 Å². The number of hydrogen-bond acceptors (Lipinski definition) is 5. The smallest absolute Gasteiger partial charge is 0.238 e. The van der Waals surface area contributed by atoms with E-state index in [1.807, 2.05) is 0 Å². The second-order valence-electron chi connectivity index (χ2n) is 2.95. The van der Waals surface area contributed by atoms with Gasteiger partial charge in [0.2, 0.25) is 10.0 Å². The molecular weight excluding hydrogens is 218 g/mol. The van der Waals surface area contributed by atoms with Crippen LogP contribution in [0.4, 0.5) is 11.4 Å². The highest BCUT2D eigenvalue weighted by molar-refractivity contribution is 7.89. The zero-order valence-corrected chi connectivity index (χ0v) is 9.28. The van der Waals surface area contributed by atoms with Crippen molar-refractivity contribution in [1.29, 1.82) is 0 Å². The molecule has 0 aromatic heterocycles. The predicted molar refractivity (Wildman–Crippen MR) is 57.6 cm³/mol. The van der Waals surface area contributed by atoms with E-state index in [-0.39, 0.29) is 10.6 Å². The molecule has 7 heteroatoms. The summed E-state index contributed by atoms with van der Waals surface area (Å²) >= 11 is 0. The average molecular weight is 231 g/mol. The number of hydrogen-bond donors (Lipinski definition) is 2. The third-order valence-electron chi connectivity index (χ3n) is 1.94. The monoisotopic (exact) mass is 231 g/mol. The van der Waals surface area contributed by atoms with E-state index in [0.717, 1.165) is 0 Å². The van der Waals surface area contributed by atoms with Gasteiger partial charge in [0.25, 0.3) is 0 Å². The van der Waals surface area contributed by atoms with Crippen molar-refractivity contribution >= 4 is 21.4 Å². The van der Waals surface area contributed by atoms with E-state index in [4.69, 9.17) is 15.7 Å². The van der Waals surface area contributed by atoms with Gasteiger partial charge in [0.1, 0.15) is 0 Å². The summed E-state index contributed by atoms with van der Waals surface area (Å²) in [4.78, 5) is 4.90. The quantitative estimate of drug-likeness (QED) is 0.559. The van der Waals surface area contributed by atoms with Crippen molar-refractivity contribution in [1.82, 2.24) is 0 Å². The summed E-state index contributed by atoms with van der Waals surface area (Å²) in [6.07, 6.45) is 0. The van der Waals surface area contributed by atoms with Crippen molar-refractivity contribution in [2.45, 2.75) is 4.90 Å². The number of anilines is 2. The van der Waals surface area contributed by atoms with Crippen molar-refractivity contribution < 1.29 is 13.3 Å². The normalized spacial score (nSPS) is 11.4. The molecule has 0 unspecified atom stereocenters. The summed E-state index contributed by atoms with van der Waals surface area (Å²) in [5.74, 6) is 0. The number of hydroxylamine groups is 1. The number of sulfonamides is 1. The number of nitrogens with zero attached hydrogens (tertiary/aromatic N) is 1. The molecule has 0 amide bonds. The number of benzene rings is 1. The fourth-order valence-corrected chi connectivity index (χ4v) is 1.64. The van der Waals surface area contributed by atoms with Gasteiger partial charge in [0.15, 0.2) is 0 Å². The molecule has 0 heterocycles. The molecule has 0 fully saturated rings. The highest BCUT2D eigenvalue weighted by Gasteiger charge is 2.11. The first-order chi connectivity index (χ1) is 6.86. The lowest BCUT2D eigenvalue weighted by atomic mass is 10.3. The molecule has 1 aromatic rings. The summed E-state index contributed by atoms with van der Waals surface area (Å²) in [7, 11) is -0.580. The van der Waals surface area contributed by atoms with Gasteiger partial charge in [-0.25, -0.2) is 13.6 Å². The Morgan fingerprint density at radius 2 is 2.00 bits per heavy atom. The predicted octanol–water partition coefficient (Wildman–Crippen LogP) is -0.0862. The topological polar surface area (TPSA) is 98.6 Å². The largest absolute Gasteiger partial charge is 0.397 e. The molecule has 6 nitrogen and oxygen atoms in total. The van der Waals surface area contributed by atoms with Crippen molar-refractivity contribution in [3.05, 3.63) is 18.2 Å². The van der Waals surface area contributed by atoms with Gasteiger partial charge < -0.3 is 5.73 Å². The van der Waals surface area contributed by atoms with Gasteiger partial charge in [-0.3, -0.25) is 9.90 Å². The first-order valence-electron chi connectivity index (χ1n) is 4.06. The van der Waals surface area contributed by atoms with E-state index < -0.39 is 10.0 Å². The number of rotatable bonds is 3. The molecule has 0 bridgehead atoms. The Kier molecular flexibility index (Phi) is 3.18. The lowest BCUT2D eigenvalue weighted by molar-refractivity contribution is 0.185. The van der Waals surface area contributed by atoms with Gasteiger partial charge in [0, 0.05) is 7.05 Å². The Balaban J connectivity index is 3.20. The van der Waals surface area contributed by atoms with Crippen LogP contribution in [-0.2, 0) is 14.9 Å². The van der Waals surface area contributed by atoms with Crippen LogP contribution in [0.15, 0.2) is 23.1 Å². The van der Waals surface area contributed by atoms with Crippen LogP contribution in [-0.4, -0.2) is 22.6 Å². The Morgan fingerprint density at radius 1 is 1.40 bits per heavy atom. The lowest BCUT2D eigenvalue weighted by Crippen LogP contribution is -2.17. The fraction of sp³-hybridized carbons (Fsp3) is 0.250. The molecule has 1 rings (SSSR count). The van der Waals surface area contributed by atoms with E-state index >= 15 is 0 Å². The van der Waals surface area contributed by atoms with Crippen LogP contribution in [0.3, 0.4) is 0 Å². The van der Waals surface area contributed by atoms with E-state index in [2.05, 4.69) is 0 Å². The summed E-state index contributed by atoms with van der Waals surface area (Å²) < 4.78 is 22.0. The molecule has 0 saturated heterocycles. The van der Waals surface area contributed by atoms with E-state index in [0.29, 0.717) is 5.69 Å². The molecule has 0 atom stereocenters. The van der Waals surface area contributed by atoms with Gasteiger partial charge in [-0.1, -0.05) is 0 Å². The maximum absolute atomic E-state index is 11.0. The molecular formula is C8H13N3O3S. The molecule has 0 saturated carbocycles. The Hall–Kier alpha value is -1.31. The summed E-state index contributed by atoms with van der Waals surface area (Å²) in [5, 5.41) is 6.38. The van der Waals surface area contributed by atoms with Crippen molar-refractivity contribution in [2.24, 2.45) is 5.14 Å². The summed E-state index contributed by atoms with van der Waals surface area (Å²) in [5.41, 5.74) is 6.51. The maximum atomic E-state index is 11.0. The van der Waals surface area contributed by atoms with E-state index in [1.54, 1.807) is 7.05 Å². The molecule has 0 aliphatic carbocycles. The summed E-state index contributed by atoms with van der Waals surface area (Å²) in [6.45, 7) is 0. The minimum Gasteiger partial charge on any atom is -0.397 e. The zero-order valence-electron chi connectivity index (χ0n) is 8.47. The molecule has 4 N–H and O–H groups in total. The Labute approximate surface area is 88.4 Å². The standard InChI is InChI=1S/C8H13N3O3S/c1-11(14-2)8-4-3-6(5-7(8)9)15(10,12)13/h3-5H,9H2,1-2H3,(H2,10,12,13). The second kappa shape index (κ2) is 4.05. The van der Waals surface area contributed by atoms with Crippen LogP contribution in [0.2, 0.25) is 0 Å². The van der Waals surface area contributed by atoms with Crippen molar-refractivity contribution in [2.75, 3.05) is 25.0 Å². The third-order valence-corrected chi connectivity index (χ3v) is 2.85. The van der Waals surface area contributed by atoms with Gasteiger partial charge in [0.05, 0.1) is 23.4 Å². The van der Waals surface area contributed by atoms with Crippen LogP contribution in [0.5, 0.6) is 0 Å². The van der Waals surface area contributed by atoms with Crippen LogP contribution < -0.4 is 15.9 Å². The molecule has 0 radical (unpaired) electrons. The molecule has 0 spiro atoms. The summed E-state index contributed by atoms with van der Waals surface area (Å²) in [6, 6.07) is 4.19. The highest BCUT2D eigenvalue weighted by Crippen LogP contribution is 2.24. The molecule has 15 heavy (non-hydrogen) atoms. The number of nitrogens with two attached hydrogens (primary N) is 2. The molecule has 1 aromatic carbocycles. The van der Waals surface area contributed by atoms with Crippen LogP contribution in [0.25, 0.3) is 0 Å². The zero-order chi connectivity index (χ0) is 11.6. The minimum absolute atomic E-state index is 0.0201. The maximum Gasteiger partial charge on any atom is 0.238 e. The fourth-order valence-electron chi connectivity index (χ4n) is 1.09. The first-order valence-corrected chi connectivity index (χ1v) is 5.61. The van der Waals surface area contributed by atoms with E-state index in [1.165, 1.54) is 30.4 Å². The van der Waals surface area contributed by atoms with Gasteiger partial charge in [-0.05, 0) is 18.2 Å². The molecule has 0 aliphatic rings. The second-order valence-corrected chi connectivity index (χ2v) is 4.51. The Morgan fingerprint density at radius 3 is 2.40 bits per heavy atom. The third kappa shape index (κ3) is 2.58. The average Bonchev–Trinajstić information content (AvgIpc) is 2.15. The first kappa shape index (κ1) is 11.8. The van der Waals surface area contributed by atoms with E-state index in [9.17, 15) is 8.42 Å². The lowest BCUT2D eigenvalue weighted by Gasteiger charge is -2.18. The van der Waals surface area contributed by atoms with Crippen LogP contribution in [0, 0.1) is 0 Å². The van der Waals surface area contributed by atoms with Crippen molar-refractivity contribution in [3.8, 4) is 0 Å². The van der Waals surface area contributed by atoms with Gasteiger partial charge in [-0.15, -0.1) is 0 Å². The molecule has 0 aliphatic heterocycles. The SMILES string of the molecule is CON(C)c1ccc(S(N)(=O)=O)cc1N. The Bertz CT molecular complexity index is 458. The van der Waals surface area contributed by atoms with Gasteiger partial charge >= 0.3 is 0 Å².